The zero-order valence-electron chi connectivity index (χ0n) is 16.3. The van der Waals surface area contributed by atoms with Crippen LogP contribution in [0.25, 0.3) is 0 Å². The summed E-state index contributed by atoms with van der Waals surface area (Å²) in [6.45, 7) is 4.44. The first-order valence-corrected chi connectivity index (χ1v) is 10.9. The first-order valence-electron chi connectivity index (χ1n) is 9.47. The largest absolute Gasteiger partial charge is 0.254 e. The molecule has 2 unspecified atom stereocenters. The van der Waals surface area contributed by atoms with Crippen LogP contribution in [0, 0.1) is 13.8 Å². The minimum Gasteiger partial charge on any atom is -0.254 e. The lowest BCUT2D eigenvalue weighted by Gasteiger charge is -2.19. The van der Waals surface area contributed by atoms with Gasteiger partial charge in [0.1, 0.15) is 0 Å². The van der Waals surface area contributed by atoms with E-state index < -0.39 is 10.0 Å². The van der Waals surface area contributed by atoms with Gasteiger partial charge in [0.15, 0.2) is 0 Å². The molecule has 2 aromatic rings. The highest BCUT2D eigenvalue weighted by Crippen LogP contribution is 2.24. The minimum atomic E-state index is -3.43. The first-order chi connectivity index (χ1) is 12.9. The molecule has 0 aliphatic carbocycles. The van der Waals surface area contributed by atoms with Crippen LogP contribution < -0.4 is 10.9 Å². The summed E-state index contributed by atoms with van der Waals surface area (Å²) in [5.41, 5.74) is 10.1. The van der Waals surface area contributed by atoms with Crippen LogP contribution in [-0.4, -0.2) is 32.4 Å². The molecule has 2 N–H and O–H groups in total. The molecule has 2 atom stereocenters. The number of hydrogen-bond acceptors (Lipinski definition) is 4. The van der Waals surface area contributed by atoms with Gasteiger partial charge in [-0.05, 0) is 61.9 Å². The molecule has 0 saturated carbocycles. The second kappa shape index (κ2) is 8.52. The second-order valence-corrected chi connectivity index (χ2v) is 9.44. The predicted molar refractivity (Wildman–Crippen MR) is 109 cm³/mol. The van der Waals surface area contributed by atoms with Gasteiger partial charge in [0.25, 0.3) is 0 Å². The summed E-state index contributed by atoms with van der Waals surface area (Å²) in [7, 11) is -1.77. The van der Waals surface area contributed by atoms with Crippen LogP contribution in [0.4, 0.5) is 0 Å². The molecular formula is C21H29N3O2S. The molecule has 1 aliphatic heterocycles. The Morgan fingerprint density at radius 3 is 2.48 bits per heavy atom. The summed E-state index contributed by atoms with van der Waals surface area (Å²) < 4.78 is 27.0. The van der Waals surface area contributed by atoms with Gasteiger partial charge in [-0.25, -0.2) is 12.7 Å². The van der Waals surface area contributed by atoms with Gasteiger partial charge in [-0.3, -0.25) is 10.9 Å². The fourth-order valence-corrected chi connectivity index (χ4v) is 4.75. The average Bonchev–Trinajstić information content (AvgIpc) is 3.13. The Hall–Kier alpha value is -1.73. The van der Waals surface area contributed by atoms with Crippen molar-refractivity contribution in [2.75, 3.05) is 13.6 Å². The molecule has 1 fully saturated rings. The van der Waals surface area contributed by atoms with Crippen molar-refractivity contribution in [1.82, 2.24) is 15.2 Å². The molecule has 6 heteroatoms. The molecule has 1 saturated heterocycles. The van der Waals surface area contributed by atoms with E-state index in [1.54, 1.807) is 19.2 Å². The van der Waals surface area contributed by atoms with Crippen molar-refractivity contribution in [3.8, 4) is 0 Å². The van der Waals surface area contributed by atoms with Crippen molar-refractivity contribution in [3.63, 3.8) is 0 Å². The molecule has 27 heavy (non-hydrogen) atoms. The zero-order chi connectivity index (χ0) is 19.4. The van der Waals surface area contributed by atoms with Crippen LogP contribution in [0.2, 0.25) is 0 Å². The van der Waals surface area contributed by atoms with Gasteiger partial charge in [0.05, 0.1) is 4.90 Å². The van der Waals surface area contributed by atoms with E-state index in [1.807, 2.05) is 26.0 Å². The quantitative estimate of drug-likeness (QED) is 0.765. The minimum absolute atomic E-state index is 0.313. The zero-order valence-corrected chi connectivity index (χ0v) is 17.1. The lowest BCUT2D eigenvalue weighted by molar-refractivity contribution is 0.428. The Balaban J connectivity index is 1.51. The van der Waals surface area contributed by atoms with Crippen LogP contribution >= 0.6 is 0 Å². The molecule has 5 nitrogen and oxygen atoms in total. The third-order valence-corrected chi connectivity index (χ3v) is 7.25. The molecular weight excluding hydrogens is 358 g/mol. The van der Waals surface area contributed by atoms with E-state index in [9.17, 15) is 8.42 Å². The second-order valence-electron chi connectivity index (χ2n) is 7.40. The van der Waals surface area contributed by atoms with Crippen molar-refractivity contribution in [2.24, 2.45) is 0 Å². The molecule has 0 spiro atoms. The van der Waals surface area contributed by atoms with Crippen molar-refractivity contribution >= 4 is 10.0 Å². The number of nitrogens with one attached hydrogen (secondary N) is 2. The van der Waals surface area contributed by atoms with E-state index in [1.165, 1.54) is 9.87 Å². The maximum atomic E-state index is 12.8. The van der Waals surface area contributed by atoms with Crippen molar-refractivity contribution in [3.05, 3.63) is 65.2 Å². The van der Waals surface area contributed by atoms with E-state index in [-0.39, 0.29) is 0 Å². The molecule has 1 aliphatic rings. The molecule has 0 aromatic heterocycles. The molecule has 1 heterocycles. The Labute approximate surface area is 162 Å². The third kappa shape index (κ3) is 4.76. The van der Waals surface area contributed by atoms with E-state index in [0.29, 0.717) is 23.5 Å². The van der Waals surface area contributed by atoms with Crippen LogP contribution in [0.1, 0.15) is 42.0 Å². The van der Waals surface area contributed by atoms with E-state index in [0.717, 1.165) is 30.4 Å². The highest BCUT2D eigenvalue weighted by Gasteiger charge is 2.25. The standard InChI is InChI=1S/C21H29N3O2S/c1-16-11-12-20(14-17(16)2)27(25,26)24(3)13-7-10-19-15-21(23-22-19)18-8-5-4-6-9-18/h4-6,8-9,11-12,14,19,21-23H,7,10,13,15H2,1-3H3. The normalized spacial score (nSPS) is 20.3. The van der Waals surface area contributed by atoms with Crippen molar-refractivity contribution in [2.45, 2.75) is 50.1 Å². The summed E-state index contributed by atoms with van der Waals surface area (Å²) >= 11 is 0. The lowest BCUT2D eigenvalue weighted by Crippen LogP contribution is -2.32. The Morgan fingerprint density at radius 2 is 1.78 bits per heavy atom. The Bertz CT molecular complexity index is 868. The molecule has 0 amide bonds. The van der Waals surface area contributed by atoms with Gasteiger partial charge in [0.2, 0.25) is 10.0 Å². The molecule has 146 valence electrons. The van der Waals surface area contributed by atoms with Crippen LogP contribution in [0.3, 0.4) is 0 Å². The summed E-state index contributed by atoms with van der Waals surface area (Å²) in [6.07, 6.45) is 2.77. The summed E-state index contributed by atoms with van der Waals surface area (Å²) in [5, 5.41) is 0. The third-order valence-electron chi connectivity index (χ3n) is 5.40. The van der Waals surface area contributed by atoms with Gasteiger partial charge in [-0.15, -0.1) is 0 Å². The number of hydrazine groups is 1. The number of aryl methyl sites for hydroxylation is 2. The molecule has 2 aromatic carbocycles. The number of nitrogens with zero attached hydrogens (tertiary/aromatic N) is 1. The van der Waals surface area contributed by atoms with Crippen LogP contribution in [0.5, 0.6) is 0 Å². The lowest BCUT2D eigenvalue weighted by atomic mass is 10.00. The maximum Gasteiger partial charge on any atom is 0.242 e. The fourth-order valence-electron chi connectivity index (χ4n) is 3.45. The highest BCUT2D eigenvalue weighted by molar-refractivity contribution is 7.89. The predicted octanol–water partition coefficient (Wildman–Crippen LogP) is 3.31. The highest BCUT2D eigenvalue weighted by atomic mass is 32.2. The number of hydrogen-bond donors (Lipinski definition) is 2. The first kappa shape index (κ1) is 20.0. The molecule has 0 bridgehead atoms. The Kier molecular flexibility index (Phi) is 6.32. The summed E-state index contributed by atoms with van der Waals surface area (Å²) in [5.74, 6) is 0. The van der Waals surface area contributed by atoms with Gasteiger partial charge in [0, 0.05) is 25.7 Å². The fraction of sp³-hybridized carbons (Fsp3) is 0.429. The van der Waals surface area contributed by atoms with Gasteiger partial charge in [-0.1, -0.05) is 36.4 Å². The molecule has 3 rings (SSSR count). The Morgan fingerprint density at radius 1 is 1.04 bits per heavy atom. The van der Waals surface area contributed by atoms with Gasteiger partial charge < -0.3 is 0 Å². The monoisotopic (exact) mass is 387 g/mol. The van der Waals surface area contributed by atoms with E-state index in [2.05, 4.69) is 35.1 Å². The van der Waals surface area contributed by atoms with Crippen molar-refractivity contribution in [1.29, 1.82) is 0 Å². The topological polar surface area (TPSA) is 61.4 Å². The summed E-state index contributed by atoms with van der Waals surface area (Å²) in [6, 6.07) is 16.4. The van der Waals surface area contributed by atoms with Gasteiger partial charge >= 0.3 is 0 Å². The number of benzene rings is 2. The number of rotatable bonds is 7. The van der Waals surface area contributed by atoms with Crippen molar-refractivity contribution < 1.29 is 8.42 Å². The maximum absolute atomic E-state index is 12.8. The number of sulfonamides is 1. The smallest absolute Gasteiger partial charge is 0.242 e. The van der Waals surface area contributed by atoms with Crippen LogP contribution in [0.15, 0.2) is 53.4 Å². The SMILES string of the molecule is Cc1ccc(S(=O)(=O)N(C)CCCC2CC(c3ccccc3)NN2)cc1C. The van der Waals surface area contributed by atoms with Gasteiger partial charge in [-0.2, -0.15) is 0 Å². The average molecular weight is 388 g/mol. The van der Waals surface area contributed by atoms with E-state index in [4.69, 9.17) is 0 Å². The van der Waals surface area contributed by atoms with E-state index >= 15 is 0 Å². The molecule has 0 radical (unpaired) electrons. The van der Waals surface area contributed by atoms with Crippen LogP contribution in [-0.2, 0) is 10.0 Å². The summed E-state index contributed by atoms with van der Waals surface area (Å²) in [4.78, 5) is 0.373.